The first-order chi connectivity index (χ1) is 3.42. The molecule has 0 radical (unpaired) electrons. The van der Waals surface area contributed by atoms with E-state index >= 15 is 0 Å². The molecule has 0 spiro atoms. The van der Waals surface area contributed by atoms with Crippen LogP contribution in [0.25, 0.3) is 0 Å². The molecule has 0 unspecified atom stereocenters. The fraction of sp³-hybridized carbons (Fsp3) is 0.333. The third-order valence-corrected chi connectivity index (χ3v) is 1.02. The molecule has 0 heterocycles. The molecular formula is C3H5FO3S. The minimum atomic E-state index is -4.20. The quantitative estimate of drug-likeness (QED) is 0.563. The maximum Gasteiger partial charge on any atom is 0.271 e. The van der Waals surface area contributed by atoms with Gasteiger partial charge in [-0.05, 0) is 0 Å². The summed E-state index contributed by atoms with van der Waals surface area (Å²) in [5.41, 5.74) is 0. The van der Waals surface area contributed by atoms with Crippen LogP contribution in [0.1, 0.15) is 0 Å². The lowest BCUT2D eigenvalue weighted by Crippen LogP contribution is -2.02. The molecule has 0 aromatic heterocycles. The average molecular weight is 140 g/mol. The van der Waals surface area contributed by atoms with Crippen molar-refractivity contribution in [1.82, 2.24) is 0 Å². The predicted octanol–water partition coefficient (Wildman–Crippen LogP) is 0.357. The van der Waals surface area contributed by atoms with Gasteiger partial charge in [-0.2, -0.15) is 8.42 Å². The molecule has 0 aliphatic heterocycles. The average Bonchev–Trinajstić information content (AvgIpc) is 1.21. The lowest BCUT2D eigenvalue weighted by Gasteiger charge is -1.87. The van der Waals surface area contributed by atoms with Crippen LogP contribution in [0.2, 0.25) is 0 Å². The van der Waals surface area contributed by atoms with E-state index in [0.717, 1.165) is 0 Å². The van der Waals surface area contributed by atoms with Gasteiger partial charge in [-0.25, -0.2) is 4.39 Å². The van der Waals surface area contributed by atoms with Crippen LogP contribution in [-0.2, 0) is 10.1 Å². The molecule has 0 aliphatic carbocycles. The molecule has 0 saturated carbocycles. The van der Waals surface area contributed by atoms with Gasteiger partial charge in [0.2, 0.25) is 0 Å². The molecular weight excluding hydrogens is 135 g/mol. The Labute approximate surface area is 46.6 Å². The van der Waals surface area contributed by atoms with Crippen molar-refractivity contribution in [1.29, 1.82) is 0 Å². The van der Waals surface area contributed by atoms with Gasteiger partial charge in [-0.1, -0.05) is 6.58 Å². The highest BCUT2D eigenvalue weighted by molar-refractivity contribution is 7.85. The minimum Gasteiger partial charge on any atom is -0.285 e. The highest BCUT2D eigenvalue weighted by atomic mass is 32.2. The van der Waals surface area contributed by atoms with Crippen LogP contribution in [0.15, 0.2) is 12.4 Å². The first-order valence-corrected chi connectivity index (χ1v) is 3.31. The highest BCUT2D eigenvalue weighted by Crippen LogP contribution is 1.94. The second kappa shape index (κ2) is 2.23. The van der Waals surface area contributed by atoms with E-state index < -0.39 is 21.7 Å². The summed E-state index contributed by atoms with van der Waals surface area (Å²) in [6.07, 6.45) is 0. The predicted molar refractivity (Wildman–Crippen MR) is 26.7 cm³/mol. The standard InChI is InChI=1S/C3H5FO3S/c1-3(4)2-8(5,6)7/h1-2H2,(H,5,6,7). The summed E-state index contributed by atoms with van der Waals surface area (Å²) in [6, 6.07) is 0. The second-order valence-electron chi connectivity index (χ2n) is 1.24. The van der Waals surface area contributed by atoms with E-state index in [1.165, 1.54) is 0 Å². The zero-order chi connectivity index (χ0) is 6.78. The van der Waals surface area contributed by atoms with Crippen molar-refractivity contribution in [2.24, 2.45) is 0 Å². The fourth-order valence-electron chi connectivity index (χ4n) is 0.198. The van der Waals surface area contributed by atoms with Crippen LogP contribution in [0, 0.1) is 0 Å². The van der Waals surface area contributed by atoms with Gasteiger partial charge < -0.3 is 0 Å². The van der Waals surface area contributed by atoms with E-state index in [4.69, 9.17) is 4.55 Å². The summed E-state index contributed by atoms with van der Waals surface area (Å²) in [5.74, 6) is -2.07. The molecule has 0 aliphatic rings. The molecule has 0 saturated heterocycles. The Kier molecular flexibility index (Phi) is 2.12. The van der Waals surface area contributed by atoms with E-state index in [0.29, 0.717) is 0 Å². The van der Waals surface area contributed by atoms with E-state index in [1.54, 1.807) is 0 Å². The number of rotatable bonds is 2. The molecule has 48 valence electrons. The third-order valence-electron chi connectivity index (χ3n) is 0.339. The molecule has 0 bridgehead atoms. The lowest BCUT2D eigenvalue weighted by atomic mass is 10.7. The first kappa shape index (κ1) is 7.58. The van der Waals surface area contributed by atoms with Gasteiger partial charge >= 0.3 is 0 Å². The van der Waals surface area contributed by atoms with Gasteiger partial charge in [-0.3, -0.25) is 4.55 Å². The summed E-state index contributed by atoms with van der Waals surface area (Å²) in [6.45, 7) is 2.63. The Hall–Kier alpha value is -0.420. The smallest absolute Gasteiger partial charge is 0.271 e. The Morgan fingerprint density at radius 2 is 2.12 bits per heavy atom. The Balaban J connectivity index is 3.95. The van der Waals surface area contributed by atoms with Crippen LogP contribution >= 0.6 is 0 Å². The molecule has 0 amide bonds. The zero-order valence-electron chi connectivity index (χ0n) is 3.96. The van der Waals surface area contributed by atoms with E-state index in [2.05, 4.69) is 6.58 Å². The SMILES string of the molecule is C=C(F)CS(=O)(=O)O. The zero-order valence-corrected chi connectivity index (χ0v) is 4.78. The fourth-order valence-corrected chi connectivity index (χ4v) is 0.594. The Morgan fingerprint density at radius 1 is 1.75 bits per heavy atom. The van der Waals surface area contributed by atoms with Crippen LogP contribution < -0.4 is 0 Å². The first-order valence-electron chi connectivity index (χ1n) is 1.70. The molecule has 0 rings (SSSR count). The van der Waals surface area contributed by atoms with Crippen LogP contribution in [-0.4, -0.2) is 18.7 Å². The molecule has 0 fully saturated rings. The lowest BCUT2D eigenvalue weighted by molar-refractivity contribution is 0.480. The number of hydrogen-bond donors (Lipinski definition) is 1. The van der Waals surface area contributed by atoms with Crippen LogP contribution in [0.4, 0.5) is 4.39 Å². The summed E-state index contributed by atoms with van der Waals surface area (Å²) in [7, 11) is -4.20. The van der Waals surface area contributed by atoms with Crippen molar-refractivity contribution in [2.75, 3.05) is 5.75 Å². The van der Waals surface area contributed by atoms with Gasteiger partial charge in [-0.15, -0.1) is 0 Å². The summed E-state index contributed by atoms with van der Waals surface area (Å²) < 4.78 is 38.7. The maximum absolute atomic E-state index is 11.5. The van der Waals surface area contributed by atoms with Gasteiger partial charge in [0, 0.05) is 0 Å². The molecule has 1 N–H and O–H groups in total. The summed E-state index contributed by atoms with van der Waals surface area (Å²) in [5, 5.41) is 0. The van der Waals surface area contributed by atoms with E-state index in [-0.39, 0.29) is 0 Å². The van der Waals surface area contributed by atoms with Gasteiger partial charge in [0.15, 0.2) is 0 Å². The summed E-state index contributed by atoms with van der Waals surface area (Å²) in [4.78, 5) is 0. The second-order valence-corrected chi connectivity index (χ2v) is 2.70. The van der Waals surface area contributed by atoms with Crippen molar-refractivity contribution in [2.45, 2.75) is 0 Å². The Bertz CT molecular complexity index is 181. The van der Waals surface area contributed by atoms with Crippen molar-refractivity contribution in [3.05, 3.63) is 12.4 Å². The monoisotopic (exact) mass is 140 g/mol. The number of halogens is 1. The molecule has 0 aromatic carbocycles. The number of hydrogen-bond acceptors (Lipinski definition) is 2. The van der Waals surface area contributed by atoms with Gasteiger partial charge in [0.25, 0.3) is 10.1 Å². The Morgan fingerprint density at radius 3 is 2.12 bits per heavy atom. The topological polar surface area (TPSA) is 54.4 Å². The van der Waals surface area contributed by atoms with Crippen molar-refractivity contribution in [3.8, 4) is 0 Å². The molecule has 5 heteroatoms. The van der Waals surface area contributed by atoms with Crippen LogP contribution in [0.3, 0.4) is 0 Å². The van der Waals surface area contributed by atoms with E-state index in [9.17, 15) is 12.8 Å². The van der Waals surface area contributed by atoms with Crippen molar-refractivity contribution < 1.29 is 17.4 Å². The molecule has 8 heavy (non-hydrogen) atoms. The molecule has 0 atom stereocenters. The normalized spacial score (nSPS) is 11.2. The van der Waals surface area contributed by atoms with Crippen molar-refractivity contribution >= 4 is 10.1 Å². The minimum absolute atomic E-state index is 1.01. The molecule has 3 nitrogen and oxygen atoms in total. The largest absolute Gasteiger partial charge is 0.285 e. The highest BCUT2D eigenvalue weighted by Gasteiger charge is 2.05. The molecule has 0 aromatic rings. The van der Waals surface area contributed by atoms with E-state index in [1.807, 2.05) is 0 Å². The van der Waals surface area contributed by atoms with Gasteiger partial charge in [0.05, 0.1) is 0 Å². The van der Waals surface area contributed by atoms with Gasteiger partial charge in [0.1, 0.15) is 11.6 Å². The van der Waals surface area contributed by atoms with Crippen LogP contribution in [0.5, 0.6) is 0 Å². The summed E-state index contributed by atoms with van der Waals surface area (Å²) >= 11 is 0. The third kappa shape index (κ3) is 5.58. The van der Waals surface area contributed by atoms with Crippen molar-refractivity contribution in [3.63, 3.8) is 0 Å². The maximum atomic E-state index is 11.5.